The highest BCUT2D eigenvalue weighted by Gasteiger charge is 2.50. The molecule has 2 saturated carbocycles. The van der Waals surface area contributed by atoms with Crippen molar-refractivity contribution in [1.82, 2.24) is 10.2 Å². The van der Waals surface area contributed by atoms with Crippen molar-refractivity contribution >= 4 is 17.5 Å². The number of rotatable bonds is 5. The maximum atomic E-state index is 12.9. The van der Waals surface area contributed by atoms with Gasteiger partial charge in [-0.25, -0.2) is 0 Å². The number of methoxy groups -OCH3 is 1. The lowest BCUT2D eigenvalue weighted by molar-refractivity contribution is -0.135. The van der Waals surface area contributed by atoms with E-state index in [1.165, 1.54) is 25.7 Å². The lowest BCUT2D eigenvalue weighted by Gasteiger charge is -2.36. The van der Waals surface area contributed by atoms with Gasteiger partial charge in [-0.1, -0.05) is 37.8 Å². The van der Waals surface area contributed by atoms with E-state index in [1.54, 1.807) is 7.11 Å². The largest absolute Gasteiger partial charge is 0.495 e. The lowest BCUT2D eigenvalue weighted by Crippen LogP contribution is -2.49. The van der Waals surface area contributed by atoms with Gasteiger partial charge in [-0.15, -0.1) is 0 Å². The topological polar surface area (TPSA) is 61.9 Å². The van der Waals surface area contributed by atoms with Gasteiger partial charge in [0.2, 0.25) is 11.8 Å². The number of amides is 2. The highest BCUT2D eigenvalue weighted by molar-refractivity contribution is 5.92. The second kappa shape index (κ2) is 9.06. The number of benzene rings is 1. The smallest absolute Gasteiger partial charge is 0.226 e. The average molecular weight is 400 g/mol. The van der Waals surface area contributed by atoms with E-state index in [-0.39, 0.29) is 23.7 Å². The Kier molecular flexibility index (Phi) is 6.26. The molecule has 1 saturated heterocycles. The summed E-state index contributed by atoms with van der Waals surface area (Å²) in [7, 11) is 1.69. The van der Waals surface area contributed by atoms with Crippen LogP contribution in [0.5, 0.6) is 5.75 Å². The fourth-order valence-corrected chi connectivity index (χ4v) is 4.78. The Bertz CT molecular complexity index is 722. The SMILES string of the molecule is COc1ccccc1N1CCN(C(=O)C2CC2C(=O)NC2CCCCCC2)CC1. The molecule has 0 aromatic heterocycles. The van der Waals surface area contributed by atoms with Crippen LogP contribution in [0.2, 0.25) is 0 Å². The summed E-state index contributed by atoms with van der Waals surface area (Å²) in [5.41, 5.74) is 1.08. The molecule has 2 atom stereocenters. The van der Waals surface area contributed by atoms with E-state index in [2.05, 4.69) is 16.3 Å². The van der Waals surface area contributed by atoms with E-state index < -0.39 is 0 Å². The monoisotopic (exact) mass is 399 g/mol. The highest BCUT2D eigenvalue weighted by atomic mass is 16.5. The number of hydrogen-bond donors (Lipinski definition) is 1. The van der Waals surface area contributed by atoms with Gasteiger partial charge in [0, 0.05) is 32.2 Å². The van der Waals surface area contributed by atoms with E-state index in [4.69, 9.17) is 4.74 Å². The van der Waals surface area contributed by atoms with Crippen molar-refractivity contribution in [2.24, 2.45) is 11.8 Å². The van der Waals surface area contributed by atoms with Crippen molar-refractivity contribution in [3.8, 4) is 5.75 Å². The van der Waals surface area contributed by atoms with E-state index in [1.807, 2.05) is 23.1 Å². The maximum absolute atomic E-state index is 12.9. The average Bonchev–Trinajstić information content (AvgIpc) is 3.58. The van der Waals surface area contributed by atoms with Crippen LogP contribution in [-0.4, -0.2) is 56.0 Å². The van der Waals surface area contributed by atoms with Crippen molar-refractivity contribution in [2.75, 3.05) is 38.2 Å². The summed E-state index contributed by atoms with van der Waals surface area (Å²) in [6, 6.07) is 8.32. The maximum Gasteiger partial charge on any atom is 0.226 e. The summed E-state index contributed by atoms with van der Waals surface area (Å²) in [4.78, 5) is 29.7. The van der Waals surface area contributed by atoms with E-state index in [0.717, 1.165) is 37.4 Å². The van der Waals surface area contributed by atoms with Crippen LogP contribution in [0.3, 0.4) is 0 Å². The Labute approximate surface area is 173 Å². The van der Waals surface area contributed by atoms with Crippen molar-refractivity contribution in [1.29, 1.82) is 0 Å². The zero-order valence-corrected chi connectivity index (χ0v) is 17.4. The minimum atomic E-state index is -0.113. The predicted octanol–water partition coefficient (Wildman–Crippen LogP) is 2.82. The molecule has 1 aromatic carbocycles. The molecule has 29 heavy (non-hydrogen) atoms. The second-order valence-electron chi connectivity index (χ2n) is 8.63. The van der Waals surface area contributed by atoms with Crippen molar-refractivity contribution < 1.29 is 14.3 Å². The first-order valence-electron chi connectivity index (χ1n) is 11.1. The molecule has 1 aromatic rings. The molecule has 0 bridgehead atoms. The molecule has 4 rings (SSSR count). The zero-order valence-electron chi connectivity index (χ0n) is 17.4. The fraction of sp³-hybridized carbons (Fsp3) is 0.652. The lowest BCUT2D eigenvalue weighted by atomic mass is 10.1. The first-order chi connectivity index (χ1) is 14.2. The molecule has 1 aliphatic heterocycles. The van der Waals surface area contributed by atoms with Crippen LogP contribution in [0.25, 0.3) is 0 Å². The van der Waals surface area contributed by atoms with Gasteiger partial charge in [-0.05, 0) is 31.4 Å². The number of nitrogens with zero attached hydrogens (tertiary/aromatic N) is 2. The highest BCUT2D eigenvalue weighted by Crippen LogP contribution is 2.41. The summed E-state index contributed by atoms with van der Waals surface area (Å²) in [6.45, 7) is 2.98. The van der Waals surface area contributed by atoms with E-state index in [0.29, 0.717) is 25.6 Å². The van der Waals surface area contributed by atoms with Crippen LogP contribution in [0, 0.1) is 11.8 Å². The van der Waals surface area contributed by atoms with Crippen molar-refractivity contribution in [3.05, 3.63) is 24.3 Å². The van der Waals surface area contributed by atoms with Crippen LogP contribution in [0.15, 0.2) is 24.3 Å². The molecule has 2 aliphatic carbocycles. The summed E-state index contributed by atoms with van der Waals surface area (Å²) < 4.78 is 5.46. The molecule has 2 amide bonds. The van der Waals surface area contributed by atoms with Gasteiger partial charge in [0.15, 0.2) is 0 Å². The fourth-order valence-electron chi connectivity index (χ4n) is 4.78. The Hall–Kier alpha value is -2.24. The standard InChI is InChI=1S/C23H33N3O3/c1-29-21-11-7-6-10-20(21)25-12-14-26(15-13-25)23(28)19-16-18(19)22(27)24-17-8-4-2-3-5-9-17/h6-7,10-11,17-19H,2-5,8-9,12-16H2,1H3,(H,24,27). The third-order valence-corrected chi connectivity index (χ3v) is 6.66. The van der Waals surface area contributed by atoms with Gasteiger partial charge in [-0.3, -0.25) is 9.59 Å². The Morgan fingerprint density at radius 3 is 2.34 bits per heavy atom. The molecule has 3 fully saturated rings. The molecule has 158 valence electrons. The number of carbonyl (C=O) groups excluding carboxylic acids is 2. The third kappa shape index (κ3) is 4.68. The van der Waals surface area contributed by atoms with Crippen LogP contribution in [0.1, 0.15) is 44.9 Å². The molecular weight excluding hydrogens is 366 g/mol. The third-order valence-electron chi connectivity index (χ3n) is 6.66. The van der Waals surface area contributed by atoms with Crippen molar-refractivity contribution in [3.63, 3.8) is 0 Å². The minimum absolute atomic E-state index is 0.0999. The molecular formula is C23H33N3O3. The Morgan fingerprint density at radius 1 is 0.966 bits per heavy atom. The van der Waals surface area contributed by atoms with Gasteiger partial charge in [0.25, 0.3) is 0 Å². The number of para-hydroxylation sites is 2. The van der Waals surface area contributed by atoms with Crippen LogP contribution < -0.4 is 15.0 Å². The predicted molar refractivity (Wildman–Crippen MR) is 113 cm³/mol. The Morgan fingerprint density at radius 2 is 1.66 bits per heavy atom. The summed E-state index contributed by atoms with van der Waals surface area (Å²) in [5.74, 6) is 0.898. The van der Waals surface area contributed by atoms with E-state index in [9.17, 15) is 9.59 Å². The van der Waals surface area contributed by atoms with Crippen LogP contribution >= 0.6 is 0 Å². The normalized spacial score (nSPS) is 25.3. The number of anilines is 1. The van der Waals surface area contributed by atoms with Crippen molar-refractivity contribution in [2.45, 2.75) is 51.0 Å². The molecule has 1 heterocycles. The molecule has 3 aliphatic rings. The van der Waals surface area contributed by atoms with E-state index >= 15 is 0 Å². The number of nitrogens with one attached hydrogen (secondary N) is 1. The molecule has 6 nitrogen and oxygen atoms in total. The number of carbonyl (C=O) groups is 2. The summed E-state index contributed by atoms with van der Waals surface area (Å²) in [5, 5.41) is 3.22. The zero-order chi connectivity index (χ0) is 20.2. The van der Waals surface area contributed by atoms with Crippen LogP contribution in [0.4, 0.5) is 5.69 Å². The first kappa shape index (κ1) is 20.0. The van der Waals surface area contributed by atoms with Gasteiger partial charge in [0.05, 0.1) is 24.6 Å². The summed E-state index contributed by atoms with van der Waals surface area (Å²) in [6.07, 6.45) is 7.84. The number of piperazine rings is 1. The quantitative estimate of drug-likeness (QED) is 0.774. The van der Waals surface area contributed by atoms with Gasteiger partial charge < -0.3 is 19.9 Å². The molecule has 6 heteroatoms. The summed E-state index contributed by atoms with van der Waals surface area (Å²) >= 11 is 0. The minimum Gasteiger partial charge on any atom is -0.495 e. The molecule has 0 spiro atoms. The van der Waals surface area contributed by atoms with Crippen LogP contribution in [-0.2, 0) is 9.59 Å². The van der Waals surface area contributed by atoms with Gasteiger partial charge in [0.1, 0.15) is 5.75 Å². The molecule has 2 unspecified atom stereocenters. The molecule has 1 N–H and O–H groups in total. The Balaban J connectivity index is 1.25. The van der Waals surface area contributed by atoms with Gasteiger partial charge in [-0.2, -0.15) is 0 Å². The second-order valence-corrected chi connectivity index (χ2v) is 8.63. The number of hydrogen-bond acceptors (Lipinski definition) is 4. The molecule has 0 radical (unpaired) electrons. The first-order valence-corrected chi connectivity index (χ1v) is 11.1. The number of ether oxygens (including phenoxy) is 1. The van der Waals surface area contributed by atoms with Gasteiger partial charge >= 0.3 is 0 Å².